The predicted octanol–water partition coefficient (Wildman–Crippen LogP) is 4.93. The molecule has 8 heteroatoms. The molecule has 39 heavy (non-hydrogen) atoms. The van der Waals surface area contributed by atoms with Gasteiger partial charge in [0, 0.05) is 12.5 Å². The Balaban J connectivity index is 1.11. The second-order valence-corrected chi connectivity index (χ2v) is 10.7. The summed E-state index contributed by atoms with van der Waals surface area (Å²) in [5.74, 6) is -1.98. The quantitative estimate of drug-likeness (QED) is 0.451. The lowest BCUT2D eigenvalue weighted by Gasteiger charge is -2.51. The molecule has 0 atom stereocenters. The molecule has 0 spiro atoms. The third kappa shape index (κ3) is 3.51. The van der Waals surface area contributed by atoms with Gasteiger partial charge in [0.25, 0.3) is 11.8 Å². The lowest BCUT2D eigenvalue weighted by Crippen LogP contribution is -2.65. The van der Waals surface area contributed by atoms with Crippen LogP contribution in [-0.2, 0) is 14.4 Å². The monoisotopic (exact) mass is 522 g/mol. The SMILES string of the molecule is O=C1c2ccccc2C(=O)N1OC(=O)C12CCC(CC1)CN2C(=O)OCC1c2ccccc2-c2ccccc21. The normalized spacial score (nSPS) is 22.9. The van der Waals surface area contributed by atoms with E-state index in [1.165, 1.54) is 17.0 Å². The number of piperidine rings is 2. The van der Waals surface area contributed by atoms with Gasteiger partial charge in [0.15, 0.2) is 0 Å². The molecule has 0 aromatic heterocycles. The second-order valence-electron chi connectivity index (χ2n) is 10.7. The first-order valence-corrected chi connectivity index (χ1v) is 13.3. The highest BCUT2D eigenvalue weighted by Crippen LogP contribution is 2.46. The summed E-state index contributed by atoms with van der Waals surface area (Å²) < 4.78 is 5.90. The molecule has 2 saturated heterocycles. The van der Waals surface area contributed by atoms with Crippen LogP contribution < -0.4 is 0 Å². The highest BCUT2D eigenvalue weighted by molar-refractivity contribution is 6.21. The highest BCUT2D eigenvalue weighted by Gasteiger charge is 2.57. The molecule has 3 aromatic rings. The third-order valence-corrected chi connectivity index (χ3v) is 8.76. The highest BCUT2D eigenvalue weighted by atomic mass is 16.7. The van der Waals surface area contributed by atoms with Crippen LogP contribution in [0.4, 0.5) is 4.79 Å². The van der Waals surface area contributed by atoms with E-state index < -0.39 is 29.4 Å². The topological polar surface area (TPSA) is 93.2 Å². The molecule has 3 heterocycles. The number of carbonyl (C=O) groups excluding carboxylic acids is 4. The van der Waals surface area contributed by atoms with Gasteiger partial charge in [0.2, 0.25) is 0 Å². The summed E-state index contributed by atoms with van der Waals surface area (Å²) in [5, 5.41) is 0.526. The molecule has 5 aliphatic rings. The number of benzene rings is 3. The largest absolute Gasteiger partial charge is 0.448 e. The van der Waals surface area contributed by atoms with Gasteiger partial charge < -0.3 is 9.57 Å². The van der Waals surface area contributed by atoms with Crippen LogP contribution in [0.2, 0.25) is 0 Å². The number of ether oxygens (including phenoxy) is 1. The molecular weight excluding hydrogens is 496 g/mol. The Labute approximate surface area is 225 Å². The molecule has 3 fully saturated rings. The molecule has 8 rings (SSSR count). The Bertz CT molecular complexity index is 1460. The van der Waals surface area contributed by atoms with Crippen LogP contribution in [0.15, 0.2) is 72.8 Å². The lowest BCUT2D eigenvalue weighted by molar-refractivity contribution is -0.190. The van der Waals surface area contributed by atoms with E-state index in [0.717, 1.165) is 35.1 Å². The summed E-state index contributed by atoms with van der Waals surface area (Å²) in [6.07, 6.45) is 1.71. The molecule has 3 aliphatic heterocycles. The van der Waals surface area contributed by atoms with Gasteiger partial charge in [-0.25, -0.2) is 9.59 Å². The Morgan fingerprint density at radius 2 is 1.28 bits per heavy atom. The summed E-state index contributed by atoms with van der Waals surface area (Å²) in [7, 11) is 0. The second kappa shape index (κ2) is 8.80. The third-order valence-electron chi connectivity index (χ3n) is 8.76. The molecule has 1 saturated carbocycles. The van der Waals surface area contributed by atoms with Gasteiger partial charge in [-0.1, -0.05) is 65.7 Å². The maximum atomic E-state index is 13.7. The van der Waals surface area contributed by atoms with Crippen LogP contribution in [0.25, 0.3) is 11.1 Å². The maximum Gasteiger partial charge on any atom is 0.410 e. The number of hydrogen-bond donors (Lipinski definition) is 0. The smallest absolute Gasteiger partial charge is 0.410 e. The minimum atomic E-state index is -1.29. The number of rotatable bonds is 4. The molecule has 0 radical (unpaired) electrons. The van der Waals surface area contributed by atoms with E-state index in [9.17, 15) is 19.2 Å². The van der Waals surface area contributed by atoms with Crippen LogP contribution in [0, 0.1) is 5.92 Å². The first-order valence-electron chi connectivity index (χ1n) is 13.3. The molecule has 196 valence electrons. The first kappa shape index (κ1) is 23.6. The van der Waals surface area contributed by atoms with Crippen molar-refractivity contribution in [2.24, 2.45) is 5.92 Å². The number of hydrogen-bond acceptors (Lipinski definition) is 6. The predicted molar refractivity (Wildman–Crippen MR) is 139 cm³/mol. The molecule has 3 amide bonds. The number of hydroxylamine groups is 2. The van der Waals surface area contributed by atoms with Crippen molar-refractivity contribution in [2.45, 2.75) is 37.1 Å². The van der Waals surface area contributed by atoms with Crippen molar-refractivity contribution < 1.29 is 28.8 Å². The van der Waals surface area contributed by atoms with Crippen molar-refractivity contribution in [2.75, 3.05) is 13.2 Å². The fourth-order valence-electron chi connectivity index (χ4n) is 6.69. The van der Waals surface area contributed by atoms with Crippen molar-refractivity contribution in [1.82, 2.24) is 9.96 Å². The van der Waals surface area contributed by atoms with Gasteiger partial charge in [-0.15, -0.1) is 0 Å². The van der Waals surface area contributed by atoms with Gasteiger partial charge in [-0.3, -0.25) is 14.5 Å². The van der Waals surface area contributed by atoms with Crippen molar-refractivity contribution in [1.29, 1.82) is 0 Å². The fourth-order valence-corrected chi connectivity index (χ4v) is 6.69. The standard InChI is InChI=1S/C31H26N2O6/c34-27-24-11-5-6-12-25(24)28(35)33(27)39-29(36)31-15-13-19(14-16-31)17-32(31)30(37)38-18-26-22-9-3-1-7-20(22)21-8-2-4-10-23(21)26/h1-12,19,26H,13-18H2. The van der Waals surface area contributed by atoms with Gasteiger partial charge in [-0.05, 0) is 66.0 Å². The number of imide groups is 1. The van der Waals surface area contributed by atoms with Crippen LogP contribution in [0.1, 0.15) is 63.4 Å². The average Bonchev–Trinajstić information content (AvgIpc) is 3.43. The lowest BCUT2D eigenvalue weighted by atomic mass is 9.70. The van der Waals surface area contributed by atoms with E-state index in [2.05, 4.69) is 24.3 Å². The molecule has 0 N–H and O–H groups in total. The van der Waals surface area contributed by atoms with Crippen molar-refractivity contribution in [3.05, 3.63) is 95.1 Å². The van der Waals surface area contributed by atoms with Crippen LogP contribution in [0.3, 0.4) is 0 Å². The van der Waals surface area contributed by atoms with E-state index >= 15 is 0 Å². The summed E-state index contributed by atoms with van der Waals surface area (Å²) in [4.78, 5) is 59.8. The van der Waals surface area contributed by atoms with Gasteiger partial charge in [0.05, 0.1) is 11.1 Å². The number of nitrogens with zero attached hydrogens (tertiary/aromatic N) is 2. The van der Waals surface area contributed by atoms with Crippen molar-refractivity contribution in [3.8, 4) is 11.1 Å². The Morgan fingerprint density at radius 1 is 0.769 bits per heavy atom. The fraction of sp³-hybridized carbons (Fsp3) is 0.290. The molecule has 0 unspecified atom stereocenters. The van der Waals surface area contributed by atoms with Crippen molar-refractivity contribution in [3.63, 3.8) is 0 Å². The zero-order chi connectivity index (χ0) is 26.7. The van der Waals surface area contributed by atoms with Crippen LogP contribution in [0.5, 0.6) is 0 Å². The number of fused-ring (bicyclic) bond motifs is 7. The Hall–Kier alpha value is -4.46. The van der Waals surface area contributed by atoms with E-state index in [1.54, 1.807) is 12.1 Å². The summed E-state index contributed by atoms with van der Waals surface area (Å²) in [6.45, 7) is 0.505. The Kier molecular flexibility index (Phi) is 5.33. The Morgan fingerprint density at radius 3 is 1.85 bits per heavy atom. The minimum absolute atomic E-state index is 0.107. The molecular formula is C31H26N2O6. The van der Waals surface area contributed by atoms with Gasteiger partial charge in [0.1, 0.15) is 12.1 Å². The zero-order valence-corrected chi connectivity index (χ0v) is 21.2. The van der Waals surface area contributed by atoms with Crippen molar-refractivity contribution >= 4 is 23.9 Å². The van der Waals surface area contributed by atoms with Crippen LogP contribution >= 0.6 is 0 Å². The summed E-state index contributed by atoms with van der Waals surface area (Å²) >= 11 is 0. The molecule has 3 aromatic carbocycles. The van der Waals surface area contributed by atoms with E-state index in [4.69, 9.17) is 9.57 Å². The molecule has 2 aliphatic carbocycles. The van der Waals surface area contributed by atoms with E-state index in [1.807, 2.05) is 24.3 Å². The first-order chi connectivity index (χ1) is 19.0. The van der Waals surface area contributed by atoms with E-state index in [-0.39, 0.29) is 29.6 Å². The summed E-state index contributed by atoms with van der Waals surface area (Å²) in [6, 6.07) is 22.6. The molecule has 8 nitrogen and oxygen atoms in total. The van der Waals surface area contributed by atoms with Gasteiger partial charge >= 0.3 is 12.1 Å². The van der Waals surface area contributed by atoms with Crippen LogP contribution in [-0.4, -0.2) is 52.5 Å². The maximum absolute atomic E-state index is 13.7. The van der Waals surface area contributed by atoms with E-state index in [0.29, 0.717) is 24.4 Å². The zero-order valence-electron chi connectivity index (χ0n) is 21.2. The summed E-state index contributed by atoms with van der Waals surface area (Å²) in [5.41, 5.74) is 3.56. The molecule has 2 bridgehead atoms. The van der Waals surface area contributed by atoms with Gasteiger partial charge in [-0.2, -0.15) is 0 Å². The minimum Gasteiger partial charge on any atom is -0.448 e. The average molecular weight is 523 g/mol. The number of amides is 3. The number of carbonyl (C=O) groups is 4.